The fraction of sp³-hybridized carbons (Fsp3) is 0.533. The molecule has 0 aliphatic carbocycles. The Kier molecular flexibility index (Phi) is 4.93. The van der Waals surface area contributed by atoms with Crippen LogP contribution in [0.15, 0.2) is 24.3 Å². The van der Waals surface area contributed by atoms with Crippen molar-refractivity contribution in [2.75, 3.05) is 32.8 Å². The zero-order valence-electron chi connectivity index (χ0n) is 11.6. The molecule has 1 N–H and O–H groups in total. The third-order valence-electron chi connectivity index (χ3n) is 3.45. The van der Waals surface area contributed by atoms with Crippen LogP contribution in [0.2, 0.25) is 0 Å². The standard InChI is InChI=1S/C15H21NO3/c1-12-5-3-4-6-14(12)15(17)19-13(2)11-16-7-9-18-10-8-16/h3-6,13H,7-11H2,1-2H3/p+1/t13-/m0/s1. The van der Waals surface area contributed by atoms with E-state index in [9.17, 15) is 4.79 Å². The first-order chi connectivity index (χ1) is 9.16. The Morgan fingerprint density at radius 2 is 2.05 bits per heavy atom. The molecule has 0 aromatic heterocycles. The van der Waals surface area contributed by atoms with E-state index in [2.05, 4.69) is 0 Å². The highest BCUT2D eigenvalue weighted by molar-refractivity contribution is 5.91. The van der Waals surface area contributed by atoms with Crippen molar-refractivity contribution in [3.63, 3.8) is 0 Å². The van der Waals surface area contributed by atoms with Gasteiger partial charge in [0.2, 0.25) is 0 Å². The van der Waals surface area contributed by atoms with Crippen molar-refractivity contribution in [3.8, 4) is 0 Å². The van der Waals surface area contributed by atoms with Crippen LogP contribution >= 0.6 is 0 Å². The maximum Gasteiger partial charge on any atom is 0.338 e. The van der Waals surface area contributed by atoms with E-state index in [0.717, 1.165) is 38.4 Å². The van der Waals surface area contributed by atoms with E-state index in [0.29, 0.717) is 5.56 Å². The molecule has 1 heterocycles. The molecule has 0 bridgehead atoms. The Bertz CT molecular complexity index is 427. The monoisotopic (exact) mass is 264 g/mol. The molecule has 1 fully saturated rings. The number of aryl methyl sites for hydroxylation is 1. The SMILES string of the molecule is Cc1ccccc1C(=O)O[C@@H](C)C[NH+]1CCOCC1. The lowest BCUT2D eigenvalue weighted by atomic mass is 10.1. The van der Waals surface area contributed by atoms with Crippen molar-refractivity contribution in [2.45, 2.75) is 20.0 Å². The van der Waals surface area contributed by atoms with Crippen molar-refractivity contribution < 1.29 is 19.2 Å². The van der Waals surface area contributed by atoms with Crippen LogP contribution in [0.3, 0.4) is 0 Å². The molecule has 0 saturated carbocycles. The quantitative estimate of drug-likeness (QED) is 0.803. The zero-order chi connectivity index (χ0) is 13.7. The predicted molar refractivity (Wildman–Crippen MR) is 72.4 cm³/mol. The molecular formula is C15H22NO3+. The van der Waals surface area contributed by atoms with E-state index in [1.807, 2.05) is 38.1 Å². The lowest BCUT2D eigenvalue weighted by Gasteiger charge is -2.26. The van der Waals surface area contributed by atoms with Crippen molar-refractivity contribution in [1.82, 2.24) is 0 Å². The van der Waals surface area contributed by atoms with Crippen molar-refractivity contribution in [2.24, 2.45) is 0 Å². The van der Waals surface area contributed by atoms with Gasteiger partial charge in [-0.2, -0.15) is 0 Å². The second-order valence-corrected chi connectivity index (χ2v) is 5.10. The summed E-state index contributed by atoms with van der Waals surface area (Å²) in [6.07, 6.45) is -0.0693. The number of morpholine rings is 1. The van der Waals surface area contributed by atoms with Gasteiger partial charge in [-0.1, -0.05) is 18.2 Å². The minimum Gasteiger partial charge on any atom is -0.453 e. The van der Waals surface area contributed by atoms with Crippen LogP contribution < -0.4 is 4.90 Å². The van der Waals surface area contributed by atoms with Crippen LogP contribution in [0.5, 0.6) is 0 Å². The van der Waals surface area contributed by atoms with E-state index in [4.69, 9.17) is 9.47 Å². The predicted octanol–water partition coefficient (Wildman–Crippen LogP) is 0.455. The van der Waals surface area contributed by atoms with Crippen molar-refractivity contribution >= 4 is 5.97 Å². The molecule has 104 valence electrons. The average molecular weight is 264 g/mol. The van der Waals surface area contributed by atoms with E-state index in [1.165, 1.54) is 4.90 Å². The molecule has 1 saturated heterocycles. The molecule has 2 rings (SSSR count). The summed E-state index contributed by atoms with van der Waals surface area (Å²) in [7, 11) is 0. The van der Waals surface area contributed by atoms with Crippen LogP contribution in [-0.4, -0.2) is 44.9 Å². The van der Waals surface area contributed by atoms with E-state index in [-0.39, 0.29) is 12.1 Å². The number of ether oxygens (including phenoxy) is 2. The molecule has 0 unspecified atom stereocenters. The average Bonchev–Trinajstić information content (AvgIpc) is 2.40. The van der Waals surface area contributed by atoms with Crippen LogP contribution in [-0.2, 0) is 9.47 Å². The molecule has 0 spiro atoms. The third kappa shape index (κ3) is 4.04. The Hall–Kier alpha value is -1.39. The van der Waals surface area contributed by atoms with Gasteiger partial charge in [-0.25, -0.2) is 4.79 Å². The number of nitrogens with one attached hydrogen (secondary N) is 1. The van der Waals surface area contributed by atoms with Crippen LogP contribution in [0.1, 0.15) is 22.8 Å². The van der Waals surface area contributed by atoms with Gasteiger partial charge in [-0.05, 0) is 25.5 Å². The van der Waals surface area contributed by atoms with Gasteiger partial charge in [0.15, 0.2) is 0 Å². The summed E-state index contributed by atoms with van der Waals surface area (Å²) < 4.78 is 10.8. The highest BCUT2D eigenvalue weighted by atomic mass is 16.5. The number of rotatable bonds is 4. The maximum absolute atomic E-state index is 12.1. The van der Waals surface area contributed by atoms with Gasteiger partial charge in [0, 0.05) is 0 Å². The molecule has 1 aliphatic heterocycles. The van der Waals surface area contributed by atoms with Gasteiger partial charge >= 0.3 is 5.97 Å². The summed E-state index contributed by atoms with van der Waals surface area (Å²) in [6, 6.07) is 7.52. The molecule has 4 heteroatoms. The molecule has 1 aromatic rings. The smallest absolute Gasteiger partial charge is 0.338 e. The minimum atomic E-state index is -0.224. The molecule has 0 amide bonds. The number of esters is 1. The molecule has 4 nitrogen and oxygen atoms in total. The number of carbonyl (C=O) groups is 1. The number of hydrogen-bond acceptors (Lipinski definition) is 3. The van der Waals surface area contributed by atoms with Gasteiger partial charge in [0.1, 0.15) is 25.7 Å². The third-order valence-corrected chi connectivity index (χ3v) is 3.45. The number of hydrogen-bond donors (Lipinski definition) is 1. The van der Waals surface area contributed by atoms with Gasteiger partial charge in [-0.3, -0.25) is 0 Å². The lowest BCUT2D eigenvalue weighted by Crippen LogP contribution is -3.15. The van der Waals surface area contributed by atoms with Crippen LogP contribution in [0.25, 0.3) is 0 Å². The topological polar surface area (TPSA) is 40.0 Å². The van der Waals surface area contributed by atoms with Crippen molar-refractivity contribution in [1.29, 1.82) is 0 Å². The van der Waals surface area contributed by atoms with E-state index < -0.39 is 0 Å². The Balaban J connectivity index is 1.86. The summed E-state index contributed by atoms with van der Waals surface area (Å²) in [6.45, 7) is 8.31. The van der Waals surface area contributed by atoms with Gasteiger partial charge in [0.05, 0.1) is 18.8 Å². The molecular weight excluding hydrogens is 242 g/mol. The van der Waals surface area contributed by atoms with Gasteiger partial charge in [-0.15, -0.1) is 0 Å². The highest BCUT2D eigenvalue weighted by Gasteiger charge is 2.20. The first-order valence-corrected chi connectivity index (χ1v) is 6.84. The molecule has 1 aromatic carbocycles. The van der Waals surface area contributed by atoms with Crippen molar-refractivity contribution in [3.05, 3.63) is 35.4 Å². The van der Waals surface area contributed by atoms with Gasteiger partial charge in [0.25, 0.3) is 0 Å². The molecule has 19 heavy (non-hydrogen) atoms. The minimum absolute atomic E-state index is 0.0693. The number of quaternary nitrogens is 1. The maximum atomic E-state index is 12.1. The number of carbonyl (C=O) groups excluding carboxylic acids is 1. The summed E-state index contributed by atoms with van der Waals surface area (Å²) in [4.78, 5) is 13.5. The van der Waals surface area contributed by atoms with E-state index >= 15 is 0 Å². The summed E-state index contributed by atoms with van der Waals surface area (Å²) in [5, 5.41) is 0. The van der Waals surface area contributed by atoms with E-state index in [1.54, 1.807) is 0 Å². The first-order valence-electron chi connectivity index (χ1n) is 6.84. The molecule has 1 aliphatic rings. The molecule has 0 radical (unpaired) electrons. The second-order valence-electron chi connectivity index (χ2n) is 5.10. The fourth-order valence-corrected chi connectivity index (χ4v) is 2.36. The summed E-state index contributed by atoms with van der Waals surface area (Å²) in [5.74, 6) is -0.224. The number of benzene rings is 1. The second kappa shape index (κ2) is 6.68. The Morgan fingerprint density at radius 3 is 2.74 bits per heavy atom. The van der Waals surface area contributed by atoms with Crippen LogP contribution in [0.4, 0.5) is 0 Å². The summed E-state index contributed by atoms with van der Waals surface area (Å²) in [5.41, 5.74) is 1.62. The Morgan fingerprint density at radius 1 is 1.37 bits per heavy atom. The molecule has 1 atom stereocenters. The van der Waals surface area contributed by atoms with Gasteiger partial charge < -0.3 is 14.4 Å². The largest absolute Gasteiger partial charge is 0.453 e. The Labute approximate surface area is 114 Å². The highest BCUT2D eigenvalue weighted by Crippen LogP contribution is 2.09. The normalized spacial score (nSPS) is 18.0. The van der Waals surface area contributed by atoms with Crippen LogP contribution in [0, 0.1) is 6.92 Å². The summed E-state index contributed by atoms with van der Waals surface area (Å²) >= 11 is 0. The zero-order valence-corrected chi connectivity index (χ0v) is 11.6. The lowest BCUT2D eigenvalue weighted by molar-refractivity contribution is -0.910. The fourth-order valence-electron chi connectivity index (χ4n) is 2.36. The first kappa shape index (κ1) is 14.0.